The highest BCUT2D eigenvalue weighted by Crippen LogP contribution is 2.22. The summed E-state index contributed by atoms with van der Waals surface area (Å²) in [4.78, 5) is 2.27. The van der Waals surface area contributed by atoms with Gasteiger partial charge >= 0.3 is 0 Å². The number of benzene rings is 2. The van der Waals surface area contributed by atoms with Crippen LogP contribution in [0.3, 0.4) is 0 Å². The lowest BCUT2D eigenvalue weighted by molar-refractivity contribution is 0.0115. The Morgan fingerprint density at radius 2 is 1.84 bits per heavy atom. The first-order valence-corrected chi connectivity index (χ1v) is 9.05. The molecule has 0 radical (unpaired) electrons. The van der Waals surface area contributed by atoms with Crippen molar-refractivity contribution in [1.82, 2.24) is 4.90 Å². The molecule has 2 aromatic carbocycles. The lowest BCUT2D eigenvalue weighted by Crippen LogP contribution is -2.37. The molecule has 0 aromatic heterocycles. The second-order valence-corrected chi connectivity index (χ2v) is 6.84. The summed E-state index contributed by atoms with van der Waals surface area (Å²) in [6.45, 7) is 3.31. The van der Waals surface area contributed by atoms with Crippen LogP contribution in [0.15, 0.2) is 60.7 Å². The average molecular weight is 358 g/mol. The third-order valence-electron chi connectivity index (χ3n) is 4.40. The Bertz CT molecular complexity index is 685. The largest absolute Gasteiger partial charge is 0.389 e. The van der Waals surface area contributed by atoms with Gasteiger partial charge in [-0.2, -0.15) is 0 Å². The van der Waals surface area contributed by atoms with Crippen LogP contribution in [0.4, 0.5) is 0 Å². The first-order valence-electron chi connectivity index (χ1n) is 8.68. The fourth-order valence-corrected chi connectivity index (χ4v) is 3.16. The molecule has 132 valence electrons. The maximum atomic E-state index is 10.2. The zero-order valence-electron chi connectivity index (χ0n) is 14.3. The second kappa shape index (κ2) is 9.16. The van der Waals surface area contributed by atoms with Crippen molar-refractivity contribution in [3.05, 3.63) is 76.8 Å². The summed E-state index contributed by atoms with van der Waals surface area (Å²) in [6.07, 6.45) is 2.81. The van der Waals surface area contributed by atoms with Crippen molar-refractivity contribution in [3.8, 4) is 0 Å². The third-order valence-corrected chi connectivity index (χ3v) is 4.65. The zero-order valence-corrected chi connectivity index (χ0v) is 15.0. The number of β-amino-alcohol motifs (C(OH)–C–C–N with tert-alkyl or cyclic N) is 1. The summed E-state index contributed by atoms with van der Waals surface area (Å²) in [5, 5.41) is 10.9. The van der Waals surface area contributed by atoms with Crippen LogP contribution in [-0.4, -0.2) is 42.4 Å². The van der Waals surface area contributed by atoms with E-state index >= 15 is 0 Å². The van der Waals surface area contributed by atoms with E-state index in [1.165, 1.54) is 11.1 Å². The molecule has 1 atom stereocenters. The highest BCUT2D eigenvalue weighted by atomic mass is 35.5. The van der Waals surface area contributed by atoms with E-state index in [9.17, 15) is 5.11 Å². The number of aliphatic hydroxyl groups excluding tert-OH is 1. The molecule has 0 saturated carbocycles. The molecule has 1 aliphatic heterocycles. The van der Waals surface area contributed by atoms with Crippen molar-refractivity contribution >= 4 is 17.2 Å². The summed E-state index contributed by atoms with van der Waals surface area (Å²) >= 11 is 5.86. The summed E-state index contributed by atoms with van der Waals surface area (Å²) in [5.41, 5.74) is 3.75. The van der Waals surface area contributed by atoms with Gasteiger partial charge in [0, 0.05) is 24.7 Å². The minimum absolute atomic E-state index is 0.342. The van der Waals surface area contributed by atoms with E-state index in [4.69, 9.17) is 16.3 Å². The Balaban J connectivity index is 1.39. The molecule has 1 N–H and O–H groups in total. The Morgan fingerprint density at radius 1 is 1.08 bits per heavy atom. The molecule has 0 unspecified atom stereocenters. The van der Waals surface area contributed by atoms with E-state index in [2.05, 4.69) is 35.2 Å². The predicted octanol–water partition coefficient (Wildman–Crippen LogP) is 4.01. The number of ether oxygens (including phenoxy) is 1. The number of hydrogen-bond acceptors (Lipinski definition) is 3. The minimum Gasteiger partial charge on any atom is -0.389 e. The van der Waals surface area contributed by atoms with Crippen molar-refractivity contribution < 1.29 is 9.84 Å². The van der Waals surface area contributed by atoms with Crippen LogP contribution in [-0.2, 0) is 11.3 Å². The van der Waals surface area contributed by atoms with E-state index in [-0.39, 0.29) is 0 Å². The van der Waals surface area contributed by atoms with Crippen LogP contribution in [0.2, 0.25) is 5.02 Å². The van der Waals surface area contributed by atoms with Crippen LogP contribution >= 0.6 is 11.6 Å². The van der Waals surface area contributed by atoms with Crippen molar-refractivity contribution in [2.75, 3.05) is 26.2 Å². The maximum Gasteiger partial charge on any atom is 0.0900 e. The summed E-state index contributed by atoms with van der Waals surface area (Å²) in [6, 6.07) is 18.1. The van der Waals surface area contributed by atoms with Crippen LogP contribution in [0.5, 0.6) is 0 Å². The lowest BCUT2D eigenvalue weighted by atomic mass is 9.99. The molecule has 0 saturated heterocycles. The highest BCUT2D eigenvalue weighted by molar-refractivity contribution is 6.30. The van der Waals surface area contributed by atoms with Crippen LogP contribution in [0, 0.1) is 0 Å². The van der Waals surface area contributed by atoms with E-state index in [0.29, 0.717) is 19.8 Å². The van der Waals surface area contributed by atoms with Gasteiger partial charge in [0.2, 0.25) is 0 Å². The van der Waals surface area contributed by atoms with Gasteiger partial charge in [-0.05, 0) is 35.3 Å². The first-order chi connectivity index (χ1) is 12.2. The normalized spacial score (nSPS) is 16.5. The van der Waals surface area contributed by atoms with Crippen molar-refractivity contribution in [1.29, 1.82) is 0 Å². The van der Waals surface area contributed by atoms with Gasteiger partial charge in [-0.25, -0.2) is 0 Å². The third kappa shape index (κ3) is 5.68. The molecule has 0 spiro atoms. The smallest absolute Gasteiger partial charge is 0.0900 e. The molecule has 2 aromatic rings. The molecule has 0 bridgehead atoms. The van der Waals surface area contributed by atoms with Gasteiger partial charge < -0.3 is 9.84 Å². The fraction of sp³-hybridized carbons (Fsp3) is 0.333. The molecular formula is C21H24ClNO2. The second-order valence-electron chi connectivity index (χ2n) is 6.40. The lowest BCUT2D eigenvalue weighted by Gasteiger charge is -2.28. The van der Waals surface area contributed by atoms with Gasteiger partial charge in [0.15, 0.2) is 0 Å². The van der Waals surface area contributed by atoms with E-state index in [0.717, 1.165) is 30.1 Å². The number of hydrogen-bond donors (Lipinski definition) is 1. The molecule has 3 rings (SSSR count). The summed E-state index contributed by atoms with van der Waals surface area (Å²) in [7, 11) is 0. The predicted molar refractivity (Wildman–Crippen MR) is 103 cm³/mol. The minimum atomic E-state index is -0.473. The number of nitrogens with zero attached hydrogens (tertiary/aromatic N) is 1. The molecule has 4 heteroatoms. The van der Waals surface area contributed by atoms with E-state index < -0.39 is 6.10 Å². The van der Waals surface area contributed by atoms with E-state index in [1.54, 1.807) is 0 Å². The Labute approximate surface area is 154 Å². The van der Waals surface area contributed by atoms with Gasteiger partial charge in [-0.15, -0.1) is 0 Å². The molecular weight excluding hydrogens is 334 g/mol. The fourth-order valence-electron chi connectivity index (χ4n) is 3.04. The SMILES string of the molecule is O[C@@H](COCc1ccc(Cl)cc1)CN1CC=C(c2ccccc2)CC1. The summed E-state index contributed by atoms with van der Waals surface area (Å²) < 4.78 is 5.62. The van der Waals surface area contributed by atoms with Gasteiger partial charge in [0.25, 0.3) is 0 Å². The molecule has 25 heavy (non-hydrogen) atoms. The van der Waals surface area contributed by atoms with Crippen molar-refractivity contribution in [2.24, 2.45) is 0 Å². The van der Waals surface area contributed by atoms with Crippen LogP contribution < -0.4 is 0 Å². The Hall–Kier alpha value is -1.65. The quantitative estimate of drug-likeness (QED) is 0.812. The standard InChI is InChI=1S/C21H24ClNO2/c22-20-8-6-17(7-9-20)15-25-16-21(24)14-23-12-10-19(11-13-23)18-4-2-1-3-5-18/h1-10,21,24H,11-16H2/t21-/m1/s1. The van der Waals surface area contributed by atoms with Crippen molar-refractivity contribution in [2.45, 2.75) is 19.1 Å². The highest BCUT2D eigenvalue weighted by Gasteiger charge is 2.16. The topological polar surface area (TPSA) is 32.7 Å². The van der Waals surface area contributed by atoms with Crippen molar-refractivity contribution in [3.63, 3.8) is 0 Å². The summed E-state index contributed by atoms with van der Waals surface area (Å²) in [5.74, 6) is 0. The van der Waals surface area contributed by atoms with Gasteiger partial charge in [0.05, 0.1) is 19.3 Å². The van der Waals surface area contributed by atoms with Crippen LogP contribution in [0.25, 0.3) is 5.57 Å². The van der Waals surface area contributed by atoms with Gasteiger partial charge in [0.1, 0.15) is 0 Å². The molecule has 1 aliphatic rings. The van der Waals surface area contributed by atoms with Gasteiger partial charge in [-0.1, -0.05) is 60.1 Å². The number of rotatable bonds is 7. The monoisotopic (exact) mass is 357 g/mol. The zero-order chi connectivity index (χ0) is 17.5. The van der Waals surface area contributed by atoms with Crippen LogP contribution in [0.1, 0.15) is 17.5 Å². The molecule has 3 nitrogen and oxygen atoms in total. The first kappa shape index (κ1) is 18.2. The number of halogens is 1. The molecule has 0 aliphatic carbocycles. The molecule has 0 amide bonds. The van der Waals surface area contributed by atoms with Gasteiger partial charge in [-0.3, -0.25) is 4.90 Å². The average Bonchev–Trinajstić information content (AvgIpc) is 2.65. The number of aliphatic hydroxyl groups is 1. The van der Waals surface area contributed by atoms with E-state index in [1.807, 2.05) is 30.3 Å². The Morgan fingerprint density at radius 3 is 2.52 bits per heavy atom. The maximum absolute atomic E-state index is 10.2. The molecule has 1 heterocycles. The molecule has 0 fully saturated rings. The Kier molecular flexibility index (Phi) is 6.65.